The SMILES string of the molecule is COc1ccc(CN2CCC[C@](O)(COc3ccc(Cl)c(Cl)c3)CC2)cc1OCCCn1ccnc1C. The second-order valence-electron chi connectivity index (χ2n) is 9.57. The summed E-state index contributed by atoms with van der Waals surface area (Å²) >= 11 is 12.1. The molecule has 0 aliphatic carbocycles. The van der Waals surface area contributed by atoms with E-state index in [-0.39, 0.29) is 6.61 Å². The number of benzene rings is 2. The minimum absolute atomic E-state index is 0.220. The summed E-state index contributed by atoms with van der Waals surface area (Å²) in [5.41, 5.74) is 0.265. The zero-order chi connectivity index (χ0) is 26.3. The lowest BCUT2D eigenvalue weighted by Crippen LogP contribution is -2.37. The highest BCUT2D eigenvalue weighted by atomic mass is 35.5. The van der Waals surface area contributed by atoms with Crippen LogP contribution in [-0.2, 0) is 13.1 Å². The molecule has 200 valence electrons. The molecule has 1 saturated heterocycles. The smallest absolute Gasteiger partial charge is 0.161 e. The van der Waals surface area contributed by atoms with Gasteiger partial charge in [0.2, 0.25) is 0 Å². The first-order chi connectivity index (χ1) is 17.8. The topological polar surface area (TPSA) is 69.0 Å². The second kappa shape index (κ2) is 12.9. The molecule has 0 amide bonds. The van der Waals surface area contributed by atoms with E-state index >= 15 is 0 Å². The van der Waals surface area contributed by atoms with Crippen LogP contribution in [0.5, 0.6) is 17.2 Å². The number of aryl methyl sites for hydroxylation is 2. The van der Waals surface area contributed by atoms with Crippen LogP contribution in [0, 0.1) is 6.92 Å². The summed E-state index contributed by atoms with van der Waals surface area (Å²) in [7, 11) is 1.66. The minimum atomic E-state index is -0.886. The predicted octanol–water partition coefficient (Wildman–Crippen LogP) is 5.77. The van der Waals surface area contributed by atoms with Crippen LogP contribution < -0.4 is 14.2 Å². The molecule has 0 radical (unpaired) electrons. The van der Waals surface area contributed by atoms with Gasteiger partial charge >= 0.3 is 0 Å². The number of methoxy groups -OCH3 is 1. The van der Waals surface area contributed by atoms with Crippen LogP contribution in [0.15, 0.2) is 48.8 Å². The number of aromatic nitrogens is 2. The summed E-state index contributed by atoms with van der Waals surface area (Å²) in [5, 5.41) is 12.1. The number of hydrogen-bond donors (Lipinski definition) is 1. The quantitative estimate of drug-likeness (QED) is 0.307. The van der Waals surface area contributed by atoms with Crippen molar-refractivity contribution in [1.29, 1.82) is 0 Å². The van der Waals surface area contributed by atoms with E-state index < -0.39 is 5.60 Å². The maximum Gasteiger partial charge on any atom is 0.161 e. The summed E-state index contributed by atoms with van der Waals surface area (Å²) in [6.07, 6.45) is 6.86. The molecule has 4 rings (SSSR count). The fourth-order valence-corrected chi connectivity index (χ4v) is 4.86. The van der Waals surface area contributed by atoms with Gasteiger partial charge in [0.1, 0.15) is 18.2 Å². The summed E-state index contributed by atoms with van der Waals surface area (Å²) in [6, 6.07) is 11.2. The molecule has 0 saturated carbocycles. The van der Waals surface area contributed by atoms with Crippen LogP contribution in [-0.4, -0.2) is 58.6 Å². The molecule has 0 unspecified atom stereocenters. The normalized spacial score (nSPS) is 18.4. The Morgan fingerprint density at radius 1 is 1.03 bits per heavy atom. The van der Waals surface area contributed by atoms with Crippen molar-refractivity contribution in [2.45, 2.75) is 51.3 Å². The average Bonchev–Trinajstić information content (AvgIpc) is 3.21. The Balaban J connectivity index is 1.29. The molecule has 1 fully saturated rings. The molecule has 2 aromatic carbocycles. The molecule has 0 bridgehead atoms. The molecular formula is C28H35Cl2N3O4. The Bertz CT molecular complexity index is 1170. The highest BCUT2D eigenvalue weighted by Crippen LogP contribution is 2.31. The van der Waals surface area contributed by atoms with E-state index in [4.69, 9.17) is 37.4 Å². The zero-order valence-corrected chi connectivity index (χ0v) is 23.0. The Morgan fingerprint density at radius 2 is 1.89 bits per heavy atom. The molecule has 2 heterocycles. The largest absolute Gasteiger partial charge is 0.493 e. The number of hydrogen-bond acceptors (Lipinski definition) is 6. The van der Waals surface area contributed by atoms with Crippen molar-refractivity contribution >= 4 is 23.2 Å². The molecule has 37 heavy (non-hydrogen) atoms. The Labute approximate surface area is 228 Å². The Hall–Kier alpha value is -2.45. The summed E-state index contributed by atoms with van der Waals surface area (Å²) in [6.45, 7) is 6.12. The third kappa shape index (κ3) is 7.77. The molecular weight excluding hydrogens is 513 g/mol. The lowest BCUT2D eigenvalue weighted by Gasteiger charge is -2.27. The van der Waals surface area contributed by atoms with Crippen LogP contribution in [0.1, 0.15) is 37.1 Å². The Kier molecular flexibility index (Phi) is 9.60. The minimum Gasteiger partial charge on any atom is -0.493 e. The molecule has 1 aliphatic rings. The maximum absolute atomic E-state index is 11.2. The summed E-state index contributed by atoms with van der Waals surface area (Å²) in [4.78, 5) is 6.62. The van der Waals surface area contributed by atoms with Crippen molar-refractivity contribution in [3.8, 4) is 17.2 Å². The molecule has 7 nitrogen and oxygen atoms in total. The number of likely N-dealkylation sites (tertiary alicyclic amines) is 1. The van der Waals surface area contributed by atoms with E-state index in [1.807, 2.05) is 25.4 Å². The van der Waals surface area contributed by atoms with Crippen molar-refractivity contribution in [3.63, 3.8) is 0 Å². The number of rotatable bonds is 11. The van der Waals surface area contributed by atoms with Gasteiger partial charge in [-0.2, -0.15) is 0 Å². The van der Waals surface area contributed by atoms with Gasteiger partial charge < -0.3 is 23.9 Å². The number of ether oxygens (including phenoxy) is 3. The standard InChI is InChI=1S/C28H35Cl2N3O4/c1-21-31-11-15-33(21)13-4-16-36-27-17-22(5-8-26(27)35-2)19-32-12-3-9-28(34,10-14-32)20-37-23-6-7-24(29)25(30)18-23/h5-8,11,15,17-18,34H,3-4,9-10,12-14,16,19-20H2,1-2H3/t28-/m1/s1. The van der Waals surface area contributed by atoms with E-state index in [2.05, 4.69) is 26.6 Å². The van der Waals surface area contributed by atoms with E-state index in [0.29, 0.717) is 35.2 Å². The average molecular weight is 549 g/mol. The molecule has 0 spiro atoms. The van der Waals surface area contributed by atoms with Gasteiger partial charge in [0.05, 0.1) is 29.4 Å². The summed E-state index contributed by atoms with van der Waals surface area (Å²) < 4.78 is 19.6. The first-order valence-electron chi connectivity index (χ1n) is 12.7. The zero-order valence-electron chi connectivity index (χ0n) is 21.5. The molecule has 3 aromatic rings. The van der Waals surface area contributed by atoms with E-state index in [1.165, 1.54) is 0 Å². The third-order valence-electron chi connectivity index (χ3n) is 6.77. The van der Waals surface area contributed by atoms with Gasteiger partial charge in [-0.15, -0.1) is 0 Å². The lowest BCUT2D eigenvalue weighted by molar-refractivity contribution is -0.0168. The highest BCUT2D eigenvalue weighted by molar-refractivity contribution is 6.42. The van der Waals surface area contributed by atoms with Crippen LogP contribution in [0.4, 0.5) is 0 Å². The van der Waals surface area contributed by atoms with E-state index in [9.17, 15) is 5.11 Å². The molecule has 1 aliphatic heterocycles. The number of nitrogens with zero attached hydrogens (tertiary/aromatic N) is 3. The number of halogens is 2. The molecule has 9 heteroatoms. The lowest BCUT2D eigenvalue weighted by atomic mass is 9.96. The van der Waals surface area contributed by atoms with Gasteiger partial charge in [0.25, 0.3) is 0 Å². The van der Waals surface area contributed by atoms with Crippen molar-refractivity contribution in [1.82, 2.24) is 14.5 Å². The monoisotopic (exact) mass is 547 g/mol. The van der Waals surface area contributed by atoms with Gasteiger partial charge in [-0.25, -0.2) is 4.98 Å². The van der Waals surface area contributed by atoms with Crippen molar-refractivity contribution in [2.75, 3.05) is 33.4 Å². The van der Waals surface area contributed by atoms with Crippen molar-refractivity contribution in [2.24, 2.45) is 0 Å². The van der Waals surface area contributed by atoms with Gasteiger partial charge in [-0.1, -0.05) is 29.3 Å². The van der Waals surface area contributed by atoms with Crippen LogP contribution >= 0.6 is 23.2 Å². The summed E-state index contributed by atoms with van der Waals surface area (Å²) in [5.74, 6) is 3.09. The van der Waals surface area contributed by atoms with Crippen molar-refractivity contribution < 1.29 is 19.3 Å². The Morgan fingerprint density at radius 3 is 2.65 bits per heavy atom. The van der Waals surface area contributed by atoms with Gasteiger partial charge in [-0.05, 0) is 69.0 Å². The number of imidazole rings is 1. The molecule has 1 N–H and O–H groups in total. The van der Waals surface area contributed by atoms with Gasteiger partial charge in [0, 0.05) is 38.1 Å². The van der Waals surface area contributed by atoms with Crippen LogP contribution in [0.3, 0.4) is 0 Å². The van der Waals surface area contributed by atoms with E-state index in [0.717, 1.165) is 61.9 Å². The third-order valence-corrected chi connectivity index (χ3v) is 7.51. The first-order valence-corrected chi connectivity index (χ1v) is 13.4. The predicted molar refractivity (Wildman–Crippen MR) is 146 cm³/mol. The highest BCUT2D eigenvalue weighted by Gasteiger charge is 2.31. The second-order valence-corrected chi connectivity index (χ2v) is 10.4. The fraction of sp³-hybridized carbons (Fsp3) is 0.464. The van der Waals surface area contributed by atoms with E-state index in [1.54, 1.807) is 25.3 Å². The van der Waals surface area contributed by atoms with Crippen LogP contribution in [0.2, 0.25) is 10.0 Å². The maximum atomic E-state index is 11.2. The molecule has 1 aromatic heterocycles. The fourth-order valence-electron chi connectivity index (χ4n) is 4.57. The van der Waals surface area contributed by atoms with Crippen molar-refractivity contribution in [3.05, 3.63) is 70.2 Å². The number of aliphatic hydroxyl groups is 1. The first kappa shape index (κ1) is 27.6. The molecule has 1 atom stereocenters. The van der Waals surface area contributed by atoms with Gasteiger partial charge in [-0.3, -0.25) is 4.90 Å². The van der Waals surface area contributed by atoms with Crippen LogP contribution in [0.25, 0.3) is 0 Å². The van der Waals surface area contributed by atoms with Gasteiger partial charge in [0.15, 0.2) is 11.5 Å².